The minimum absolute atomic E-state index is 0.161. The standard InChI is InChI=1S/C11H21NO2S/c1-8(2)10(15)11(13)12-5-4-9(6-12)7-14-3/h8-10,15H,4-7H2,1-3H3. The molecule has 15 heavy (non-hydrogen) atoms. The van der Waals surface area contributed by atoms with Crippen molar-refractivity contribution < 1.29 is 9.53 Å². The highest BCUT2D eigenvalue weighted by molar-refractivity contribution is 7.81. The van der Waals surface area contributed by atoms with Gasteiger partial charge in [-0.05, 0) is 12.3 Å². The van der Waals surface area contributed by atoms with Gasteiger partial charge in [-0.2, -0.15) is 12.6 Å². The van der Waals surface area contributed by atoms with Gasteiger partial charge in [0, 0.05) is 26.1 Å². The Morgan fingerprint density at radius 1 is 1.60 bits per heavy atom. The Bertz CT molecular complexity index is 221. The Morgan fingerprint density at radius 3 is 2.80 bits per heavy atom. The van der Waals surface area contributed by atoms with E-state index in [-0.39, 0.29) is 11.2 Å². The van der Waals surface area contributed by atoms with Crippen molar-refractivity contribution in [3.05, 3.63) is 0 Å². The highest BCUT2D eigenvalue weighted by Gasteiger charge is 2.30. The molecule has 0 saturated carbocycles. The number of ether oxygens (including phenoxy) is 1. The van der Waals surface area contributed by atoms with Gasteiger partial charge in [0.1, 0.15) is 0 Å². The first-order valence-corrected chi connectivity index (χ1v) is 6.03. The number of rotatable bonds is 4. The summed E-state index contributed by atoms with van der Waals surface area (Å²) in [5, 5.41) is -0.161. The molecule has 4 heteroatoms. The molecule has 2 atom stereocenters. The van der Waals surface area contributed by atoms with Crippen LogP contribution in [0.3, 0.4) is 0 Å². The molecule has 1 heterocycles. The summed E-state index contributed by atoms with van der Waals surface area (Å²) in [6.07, 6.45) is 1.05. The van der Waals surface area contributed by atoms with Crippen molar-refractivity contribution >= 4 is 18.5 Å². The smallest absolute Gasteiger partial charge is 0.235 e. The second kappa shape index (κ2) is 5.75. The van der Waals surface area contributed by atoms with Gasteiger partial charge < -0.3 is 9.64 Å². The van der Waals surface area contributed by atoms with Gasteiger partial charge in [0.2, 0.25) is 5.91 Å². The lowest BCUT2D eigenvalue weighted by Gasteiger charge is -2.22. The Kier molecular flexibility index (Phi) is 4.93. The van der Waals surface area contributed by atoms with E-state index in [2.05, 4.69) is 12.6 Å². The number of amides is 1. The fourth-order valence-electron chi connectivity index (χ4n) is 1.88. The average molecular weight is 231 g/mol. The third-order valence-electron chi connectivity index (χ3n) is 2.88. The van der Waals surface area contributed by atoms with Crippen LogP contribution in [0.2, 0.25) is 0 Å². The maximum atomic E-state index is 11.9. The summed E-state index contributed by atoms with van der Waals surface area (Å²) in [6.45, 7) is 6.49. The van der Waals surface area contributed by atoms with Crippen LogP contribution < -0.4 is 0 Å². The number of thiol groups is 1. The normalized spacial score (nSPS) is 23.5. The van der Waals surface area contributed by atoms with Crippen LogP contribution in [0.25, 0.3) is 0 Å². The summed E-state index contributed by atoms with van der Waals surface area (Å²) in [5.74, 6) is 0.973. The molecule has 0 N–H and O–H groups in total. The maximum absolute atomic E-state index is 11.9. The lowest BCUT2D eigenvalue weighted by atomic mass is 10.1. The highest BCUT2D eigenvalue weighted by Crippen LogP contribution is 2.20. The van der Waals surface area contributed by atoms with Gasteiger partial charge in [0.25, 0.3) is 0 Å². The van der Waals surface area contributed by atoms with E-state index >= 15 is 0 Å². The molecular formula is C11H21NO2S. The Morgan fingerprint density at radius 2 is 2.27 bits per heavy atom. The first-order chi connectivity index (χ1) is 7.06. The molecule has 0 aromatic carbocycles. The second-order valence-electron chi connectivity index (χ2n) is 4.58. The highest BCUT2D eigenvalue weighted by atomic mass is 32.1. The molecule has 3 nitrogen and oxygen atoms in total. The fourth-order valence-corrected chi connectivity index (χ4v) is 2.04. The molecular weight excluding hydrogens is 210 g/mol. The SMILES string of the molecule is COCC1CCN(C(=O)C(S)C(C)C)C1. The Hall–Kier alpha value is -0.220. The first-order valence-electron chi connectivity index (χ1n) is 5.52. The van der Waals surface area contributed by atoms with Gasteiger partial charge >= 0.3 is 0 Å². The van der Waals surface area contributed by atoms with Crippen LogP contribution in [0.5, 0.6) is 0 Å². The molecule has 1 rings (SSSR count). The molecule has 88 valence electrons. The molecule has 1 aliphatic heterocycles. The maximum Gasteiger partial charge on any atom is 0.235 e. The van der Waals surface area contributed by atoms with Crippen LogP contribution in [-0.2, 0) is 9.53 Å². The number of nitrogens with zero attached hydrogens (tertiary/aromatic N) is 1. The predicted octanol–water partition coefficient (Wildman–Crippen LogP) is 1.44. The lowest BCUT2D eigenvalue weighted by Crippen LogP contribution is -2.37. The zero-order valence-corrected chi connectivity index (χ0v) is 10.7. The molecule has 1 amide bonds. The summed E-state index contributed by atoms with van der Waals surface area (Å²) < 4.78 is 5.10. The molecule has 0 radical (unpaired) electrons. The van der Waals surface area contributed by atoms with Crippen LogP contribution in [0.15, 0.2) is 0 Å². The van der Waals surface area contributed by atoms with Crippen LogP contribution in [0.4, 0.5) is 0 Å². The van der Waals surface area contributed by atoms with E-state index in [4.69, 9.17) is 4.74 Å². The van der Waals surface area contributed by atoms with Crippen molar-refractivity contribution in [3.63, 3.8) is 0 Å². The number of likely N-dealkylation sites (tertiary alicyclic amines) is 1. The quantitative estimate of drug-likeness (QED) is 0.742. The molecule has 0 aromatic heterocycles. The zero-order chi connectivity index (χ0) is 11.4. The third kappa shape index (κ3) is 3.38. The number of carbonyl (C=O) groups excluding carboxylic acids is 1. The summed E-state index contributed by atoms with van der Waals surface area (Å²) in [6, 6.07) is 0. The lowest BCUT2D eigenvalue weighted by molar-refractivity contribution is -0.130. The topological polar surface area (TPSA) is 29.5 Å². The van der Waals surface area contributed by atoms with Crippen molar-refractivity contribution in [1.82, 2.24) is 4.90 Å². The van der Waals surface area contributed by atoms with E-state index in [9.17, 15) is 4.79 Å². The summed E-state index contributed by atoms with van der Waals surface area (Å²) in [7, 11) is 1.71. The monoisotopic (exact) mass is 231 g/mol. The van der Waals surface area contributed by atoms with Crippen molar-refractivity contribution in [2.24, 2.45) is 11.8 Å². The van der Waals surface area contributed by atoms with Crippen molar-refractivity contribution in [1.29, 1.82) is 0 Å². The molecule has 1 fully saturated rings. The van der Waals surface area contributed by atoms with Crippen molar-refractivity contribution in [3.8, 4) is 0 Å². The van der Waals surface area contributed by atoms with Crippen molar-refractivity contribution in [2.45, 2.75) is 25.5 Å². The molecule has 1 saturated heterocycles. The third-order valence-corrected chi connectivity index (χ3v) is 3.70. The molecule has 0 bridgehead atoms. The van der Waals surface area contributed by atoms with E-state index in [0.717, 1.165) is 26.1 Å². The van der Waals surface area contributed by atoms with E-state index in [1.807, 2.05) is 18.7 Å². The second-order valence-corrected chi connectivity index (χ2v) is 5.14. The first kappa shape index (κ1) is 12.8. The summed E-state index contributed by atoms with van der Waals surface area (Å²) in [5.41, 5.74) is 0. The van der Waals surface area contributed by atoms with Gasteiger partial charge in [-0.1, -0.05) is 13.8 Å². The molecule has 0 aromatic rings. The van der Waals surface area contributed by atoms with Crippen LogP contribution in [0, 0.1) is 11.8 Å². The van der Waals surface area contributed by atoms with Gasteiger partial charge in [-0.3, -0.25) is 4.79 Å². The number of hydrogen-bond acceptors (Lipinski definition) is 3. The van der Waals surface area contributed by atoms with E-state index in [1.54, 1.807) is 7.11 Å². The van der Waals surface area contributed by atoms with E-state index < -0.39 is 0 Å². The molecule has 1 aliphatic rings. The minimum atomic E-state index is -0.161. The summed E-state index contributed by atoms with van der Waals surface area (Å²) >= 11 is 4.35. The van der Waals surface area contributed by atoms with Gasteiger partial charge in [0.15, 0.2) is 0 Å². The van der Waals surface area contributed by atoms with Crippen LogP contribution in [0.1, 0.15) is 20.3 Å². The summed E-state index contributed by atoms with van der Waals surface area (Å²) in [4.78, 5) is 13.9. The van der Waals surface area contributed by atoms with Crippen LogP contribution in [-0.4, -0.2) is 42.9 Å². The molecule has 0 spiro atoms. The van der Waals surface area contributed by atoms with Gasteiger partial charge in [-0.25, -0.2) is 0 Å². The van der Waals surface area contributed by atoms with E-state index in [1.165, 1.54) is 0 Å². The van der Waals surface area contributed by atoms with Crippen molar-refractivity contribution in [2.75, 3.05) is 26.8 Å². The molecule has 0 aliphatic carbocycles. The van der Waals surface area contributed by atoms with Gasteiger partial charge in [0.05, 0.1) is 11.9 Å². The largest absolute Gasteiger partial charge is 0.384 e. The Balaban J connectivity index is 2.43. The molecule has 2 unspecified atom stereocenters. The Labute approximate surface area is 97.6 Å². The predicted molar refractivity (Wildman–Crippen MR) is 64.2 cm³/mol. The minimum Gasteiger partial charge on any atom is -0.384 e. The average Bonchev–Trinajstić information content (AvgIpc) is 2.64. The van der Waals surface area contributed by atoms with E-state index in [0.29, 0.717) is 11.8 Å². The number of hydrogen-bond donors (Lipinski definition) is 1. The van der Waals surface area contributed by atoms with Gasteiger partial charge in [-0.15, -0.1) is 0 Å². The number of carbonyl (C=O) groups is 1. The number of methoxy groups -OCH3 is 1. The fraction of sp³-hybridized carbons (Fsp3) is 0.909. The zero-order valence-electron chi connectivity index (χ0n) is 9.77. The van der Waals surface area contributed by atoms with Crippen LogP contribution >= 0.6 is 12.6 Å².